The van der Waals surface area contributed by atoms with Crippen LogP contribution in [-0.4, -0.2) is 60.4 Å². The van der Waals surface area contributed by atoms with Crippen LogP contribution in [0, 0.1) is 0 Å². The normalized spacial score (nSPS) is 21.3. The summed E-state index contributed by atoms with van der Waals surface area (Å²) < 4.78 is 37.9. The van der Waals surface area contributed by atoms with Crippen molar-refractivity contribution >= 4 is 24.2 Å². The van der Waals surface area contributed by atoms with Crippen molar-refractivity contribution in [2.45, 2.75) is 25.1 Å². The van der Waals surface area contributed by atoms with Crippen LogP contribution in [0.15, 0.2) is 24.3 Å². The SMILES string of the molecule is Cl.O=C(c1ccc(C(F)(F)F)cc1)N1CCCC(N2CCNCC2=O)C1. The molecule has 1 aromatic carbocycles. The van der Waals surface area contributed by atoms with Crippen LogP contribution in [0.25, 0.3) is 0 Å². The largest absolute Gasteiger partial charge is 0.416 e. The van der Waals surface area contributed by atoms with Crippen molar-refractivity contribution in [3.05, 3.63) is 35.4 Å². The molecule has 2 fully saturated rings. The lowest BCUT2D eigenvalue weighted by molar-refractivity contribution is -0.137. The molecule has 0 bridgehead atoms. The van der Waals surface area contributed by atoms with Crippen LogP contribution in [0.2, 0.25) is 0 Å². The van der Waals surface area contributed by atoms with Crippen molar-refractivity contribution < 1.29 is 22.8 Å². The fourth-order valence-electron chi connectivity index (χ4n) is 3.39. The average Bonchev–Trinajstić information content (AvgIpc) is 2.61. The summed E-state index contributed by atoms with van der Waals surface area (Å²) in [7, 11) is 0. The Kier molecular flexibility index (Phi) is 6.52. The second-order valence-corrected chi connectivity index (χ2v) is 6.39. The number of likely N-dealkylation sites (tertiary alicyclic amines) is 1. The molecule has 26 heavy (non-hydrogen) atoms. The molecule has 1 unspecified atom stereocenters. The maximum atomic E-state index is 12.6. The number of carbonyl (C=O) groups is 2. The Morgan fingerprint density at radius 3 is 2.46 bits per heavy atom. The van der Waals surface area contributed by atoms with Gasteiger partial charge in [-0.15, -0.1) is 12.4 Å². The summed E-state index contributed by atoms with van der Waals surface area (Å²) in [5.41, 5.74) is -0.535. The Bertz CT molecular complexity index is 652. The van der Waals surface area contributed by atoms with Crippen molar-refractivity contribution in [2.24, 2.45) is 0 Å². The molecule has 0 aliphatic carbocycles. The van der Waals surface area contributed by atoms with E-state index in [4.69, 9.17) is 0 Å². The molecule has 2 aliphatic rings. The van der Waals surface area contributed by atoms with E-state index >= 15 is 0 Å². The third kappa shape index (κ3) is 4.48. The van der Waals surface area contributed by atoms with Crippen LogP contribution in [0.1, 0.15) is 28.8 Å². The van der Waals surface area contributed by atoms with Crippen molar-refractivity contribution in [2.75, 3.05) is 32.7 Å². The molecule has 2 amide bonds. The minimum atomic E-state index is -4.42. The van der Waals surface area contributed by atoms with Crippen LogP contribution < -0.4 is 5.32 Å². The van der Waals surface area contributed by atoms with E-state index in [1.165, 1.54) is 12.1 Å². The van der Waals surface area contributed by atoms with Crippen LogP contribution in [0.4, 0.5) is 13.2 Å². The Labute approximate surface area is 155 Å². The smallest absolute Gasteiger partial charge is 0.337 e. The number of nitrogens with one attached hydrogen (secondary N) is 1. The van der Waals surface area contributed by atoms with E-state index in [1.54, 1.807) is 4.90 Å². The van der Waals surface area contributed by atoms with E-state index in [0.717, 1.165) is 31.5 Å². The van der Waals surface area contributed by atoms with E-state index in [2.05, 4.69) is 5.32 Å². The predicted molar refractivity (Wildman–Crippen MR) is 92.2 cm³/mol. The summed E-state index contributed by atoms with van der Waals surface area (Å²) in [5.74, 6) is -0.263. The number of hydrogen-bond acceptors (Lipinski definition) is 3. The molecule has 0 spiro atoms. The van der Waals surface area contributed by atoms with Gasteiger partial charge in [-0.25, -0.2) is 0 Å². The molecule has 2 heterocycles. The van der Waals surface area contributed by atoms with Gasteiger partial charge in [0.05, 0.1) is 12.1 Å². The maximum Gasteiger partial charge on any atom is 0.416 e. The molecule has 5 nitrogen and oxygen atoms in total. The van der Waals surface area contributed by atoms with Gasteiger partial charge in [0.2, 0.25) is 5.91 Å². The number of rotatable bonds is 2. The van der Waals surface area contributed by atoms with Crippen LogP contribution >= 0.6 is 12.4 Å². The molecule has 0 saturated carbocycles. The first-order chi connectivity index (χ1) is 11.9. The number of carbonyl (C=O) groups excluding carboxylic acids is 2. The van der Waals surface area contributed by atoms with Crippen molar-refractivity contribution in [1.29, 1.82) is 0 Å². The van der Waals surface area contributed by atoms with Gasteiger partial charge in [0, 0.05) is 37.8 Å². The van der Waals surface area contributed by atoms with E-state index < -0.39 is 11.7 Å². The Balaban J connectivity index is 0.00000243. The number of hydrogen-bond donors (Lipinski definition) is 1. The summed E-state index contributed by atoms with van der Waals surface area (Å²) in [6, 6.07) is 4.25. The van der Waals surface area contributed by atoms with Crippen LogP contribution in [-0.2, 0) is 11.0 Å². The van der Waals surface area contributed by atoms with Gasteiger partial charge in [0.25, 0.3) is 5.91 Å². The van der Waals surface area contributed by atoms with Crippen molar-refractivity contribution in [1.82, 2.24) is 15.1 Å². The minimum Gasteiger partial charge on any atom is -0.337 e. The average molecular weight is 392 g/mol. The molecular weight excluding hydrogens is 371 g/mol. The topological polar surface area (TPSA) is 52.7 Å². The standard InChI is InChI=1S/C17H20F3N3O2.ClH/c18-17(19,20)13-5-3-12(4-6-13)16(25)22-8-1-2-14(11-22)23-9-7-21-10-15(23)24;/h3-6,14,21H,1-2,7-11H2;1H. The Morgan fingerprint density at radius 2 is 1.85 bits per heavy atom. The second kappa shape index (κ2) is 8.26. The first-order valence-corrected chi connectivity index (χ1v) is 8.33. The summed E-state index contributed by atoms with van der Waals surface area (Å²) in [6.45, 7) is 2.63. The third-order valence-corrected chi connectivity index (χ3v) is 4.71. The molecule has 1 N–H and O–H groups in total. The zero-order chi connectivity index (χ0) is 18.0. The molecule has 1 aromatic rings. The minimum absolute atomic E-state index is 0. The van der Waals surface area contributed by atoms with Crippen molar-refractivity contribution in [3.8, 4) is 0 Å². The molecule has 1 atom stereocenters. The fraction of sp³-hybridized carbons (Fsp3) is 0.529. The van der Waals surface area contributed by atoms with E-state index in [9.17, 15) is 22.8 Å². The monoisotopic (exact) mass is 391 g/mol. The number of alkyl halides is 3. The molecule has 3 rings (SSSR count). The number of piperidine rings is 1. The molecule has 2 saturated heterocycles. The highest BCUT2D eigenvalue weighted by molar-refractivity contribution is 5.94. The predicted octanol–water partition coefficient (Wildman–Crippen LogP) is 2.16. The number of halogens is 4. The zero-order valence-corrected chi connectivity index (χ0v) is 14.9. The number of nitrogens with zero attached hydrogens (tertiary/aromatic N) is 2. The highest BCUT2D eigenvalue weighted by Crippen LogP contribution is 2.29. The van der Waals surface area contributed by atoms with Gasteiger partial charge < -0.3 is 15.1 Å². The fourth-order valence-corrected chi connectivity index (χ4v) is 3.39. The zero-order valence-electron chi connectivity index (χ0n) is 14.1. The van der Waals surface area contributed by atoms with Gasteiger partial charge in [-0.2, -0.15) is 13.2 Å². The summed E-state index contributed by atoms with van der Waals surface area (Å²) in [4.78, 5) is 28.1. The van der Waals surface area contributed by atoms with Gasteiger partial charge in [-0.3, -0.25) is 9.59 Å². The number of amides is 2. The Hall–Kier alpha value is -1.80. The van der Waals surface area contributed by atoms with Crippen LogP contribution in [0.5, 0.6) is 0 Å². The van der Waals surface area contributed by atoms with Gasteiger partial charge in [0.15, 0.2) is 0 Å². The highest BCUT2D eigenvalue weighted by Gasteiger charge is 2.33. The lowest BCUT2D eigenvalue weighted by Gasteiger charge is -2.41. The summed E-state index contributed by atoms with van der Waals surface area (Å²) in [6.07, 6.45) is -2.81. The molecule has 0 aromatic heterocycles. The quantitative estimate of drug-likeness (QED) is 0.840. The van der Waals surface area contributed by atoms with Gasteiger partial charge in [-0.1, -0.05) is 0 Å². The Morgan fingerprint density at radius 1 is 1.15 bits per heavy atom. The summed E-state index contributed by atoms with van der Waals surface area (Å²) in [5, 5.41) is 3.02. The van der Waals surface area contributed by atoms with Gasteiger partial charge in [0.1, 0.15) is 0 Å². The highest BCUT2D eigenvalue weighted by atomic mass is 35.5. The molecular formula is C17H21ClF3N3O2. The molecule has 2 aliphatic heterocycles. The van der Waals surface area contributed by atoms with Crippen LogP contribution in [0.3, 0.4) is 0 Å². The third-order valence-electron chi connectivity index (χ3n) is 4.71. The van der Waals surface area contributed by atoms with E-state index in [-0.39, 0.29) is 35.8 Å². The number of piperazine rings is 1. The second-order valence-electron chi connectivity index (χ2n) is 6.39. The lowest BCUT2D eigenvalue weighted by Crippen LogP contribution is -2.57. The van der Waals surface area contributed by atoms with Gasteiger partial charge >= 0.3 is 6.18 Å². The molecule has 0 radical (unpaired) electrons. The van der Waals surface area contributed by atoms with Gasteiger partial charge in [-0.05, 0) is 37.1 Å². The summed E-state index contributed by atoms with van der Waals surface area (Å²) >= 11 is 0. The van der Waals surface area contributed by atoms with E-state index in [1.807, 2.05) is 4.90 Å². The van der Waals surface area contributed by atoms with E-state index in [0.29, 0.717) is 26.2 Å². The number of benzene rings is 1. The first kappa shape index (κ1) is 20.5. The maximum absolute atomic E-state index is 12.6. The molecule has 9 heteroatoms. The first-order valence-electron chi connectivity index (χ1n) is 8.33. The molecule has 144 valence electrons. The lowest BCUT2D eigenvalue weighted by atomic mass is 10.0. The van der Waals surface area contributed by atoms with Crippen molar-refractivity contribution in [3.63, 3.8) is 0 Å².